The number of esters is 1. The number of aromatic amines is 1. The maximum absolute atomic E-state index is 12.6. The van der Waals surface area contributed by atoms with Gasteiger partial charge in [0.25, 0.3) is 0 Å². The summed E-state index contributed by atoms with van der Waals surface area (Å²) in [7, 11) is 0. The predicted molar refractivity (Wildman–Crippen MR) is 78.5 cm³/mol. The SMILES string of the molecule is CCC(CC)(C(=O)Oc1cc(O)[nH]c1O)c1ccccc1. The van der Waals surface area contributed by atoms with Crippen molar-refractivity contribution in [2.45, 2.75) is 32.1 Å². The quantitative estimate of drug-likeness (QED) is 0.739. The first-order chi connectivity index (χ1) is 10.0. The highest BCUT2D eigenvalue weighted by Crippen LogP contribution is 2.36. The van der Waals surface area contributed by atoms with Crippen molar-refractivity contribution in [2.75, 3.05) is 0 Å². The number of ether oxygens (including phenoxy) is 1. The van der Waals surface area contributed by atoms with Gasteiger partial charge >= 0.3 is 5.97 Å². The van der Waals surface area contributed by atoms with Crippen LogP contribution in [0.3, 0.4) is 0 Å². The van der Waals surface area contributed by atoms with Crippen LogP contribution in [0.15, 0.2) is 36.4 Å². The van der Waals surface area contributed by atoms with Crippen molar-refractivity contribution in [3.8, 4) is 17.5 Å². The molecule has 0 spiro atoms. The molecule has 0 aliphatic heterocycles. The molecule has 1 aromatic heterocycles. The molecule has 0 aliphatic carbocycles. The van der Waals surface area contributed by atoms with Crippen LogP contribution in [0.2, 0.25) is 0 Å². The van der Waals surface area contributed by atoms with E-state index < -0.39 is 11.4 Å². The number of aromatic nitrogens is 1. The van der Waals surface area contributed by atoms with Crippen LogP contribution in [0.4, 0.5) is 0 Å². The van der Waals surface area contributed by atoms with Crippen molar-refractivity contribution >= 4 is 5.97 Å². The van der Waals surface area contributed by atoms with Gasteiger partial charge in [-0.25, -0.2) is 0 Å². The zero-order valence-electron chi connectivity index (χ0n) is 12.1. The first-order valence-corrected chi connectivity index (χ1v) is 6.92. The van der Waals surface area contributed by atoms with Crippen molar-refractivity contribution in [1.82, 2.24) is 4.98 Å². The topological polar surface area (TPSA) is 82.5 Å². The summed E-state index contributed by atoms with van der Waals surface area (Å²) in [5, 5.41) is 18.8. The highest BCUT2D eigenvalue weighted by Gasteiger charge is 2.39. The molecule has 2 rings (SSSR count). The predicted octanol–water partition coefficient (Wildman–Crippen LogP) is 3.09. The van der Waals surface area contributed by atoms with Crippen LogP contribution in [0, 0.1) is 0 Å². The molecule has 3 N–H and O–H groups in total. The number of hydrogen-bond donors (Lipinski definition) is 3. The van der Waals surface area contributed by atoms with Crippen LogP contribution in [0.5, 0.6) is 17.5 Å². The highest BCUT2D eigenvalue weighted by atomic mass is 16.5. The molecule has 0 amide bonds. The number of benzene rings is 1. The van der Waals surface area contributed by atoms with E-state index in [2.05, 4.69) is 4.98 Å². The maximum Gasteiger partial charge on any atom is 0.322 e. The Bertz CT molecular complexity index is 614. The van der Waals surface area contributed by atoms with Crippen molar-refractivity contribution in [3.63, 3.8) is 0 Å². The number of hydrogen-bond acceptors (Lipinski definition) is 4. The van der Waals surface area contributed by atoms with Crippen LogP contribution in [-0.2, 0) is 10.2 Å². The van der Waals surface area contributed by atoms with Crippen molar-refractivity contribution in [2.24, 2.45) is 0 Å². The summed E-state index contributed by atoms with van der Waals surface area (Å²) in [5.74, 6) is -1.14. The van der Waals surface area contributed by atoms with Gasteiger partial charge < -0.3 is 14.9 Å². The van der Waals surface area contributed by atoms with E-state index in [0.29, 0.717) is 12.8 Å². The number of rotatable bonds is 5. The lowest BCUT2D eigenvalue weighted by atomic mass is 9.76. The summed E-state index contributed by atoms with van der Waals surface area (Å²) >= 11 is 0. The van der Waals surface area contributed by atoms with Crippen LogP contribution in [0.1, 0.15) is 32.3 Å². The summed E-state index contributed by atoms with van der Waals surface area (Å²) in [5.41, 5.74) is 0.0971. The summed E-state index contributed by atoms with van der Waals surface area (Å²) in [4.78, 5) is 14.9. The molecule has 0 saturated carbocycles. The molecule has 0 aliphatic rings. The second-order valence-electron chi connectivity index (χ2n) is 4.91. The first-order valence-electron chi connectivity index (χ1n) is 6.92. The minimum Gasteiger partial charge on any atom is -0.494 e. The second kappa shape index (κ2) is 5.91. The Labute approximate surface area is 123 Å². The minimum atomic E-state index is -0.777. The molecule has 0 unspecified atom stereocenters. The largest absolute Gasteiger partial charge is 0.494 e. The summed E-state index contributed by atoms with van der Waals surface area (Å²) < 4.78 is 5.29. The third-order valence-corrected chi connectivity index (χ3v) is 3.87. The van der Waals surface area contributed by atoms with E-state index in [0.717, 1.165) is 5.56 Å². The maximum atomic E-state index is 12.6. The van der Waals surface area contributed by atoms with Crippen LogP contribution in [0.25, 0.3) is 0 Å². The number of H-pyrrole nitrogens is 1. The molecule has 0 fully saturated rings. The zero-order valence-corrected chi connectivity index (χ0v) is 12.1. The molecule has 0 atom stereocenters. The molecule has 1 aromatic carbocycles. The summed E-state index contributed by atoms with van der Waals surface area (Å²) in [6, 6.07) is 10.6. The van der Waals surface area contributed by atoms with Gasteiger partial charge in [0.1, 0.15) is 0 Å². The Hall–Kier alpha value is -2.43. The number of carbonyl (C=O) groups excluding carboxylic acids is 1. The number of aromatic hydroxyl groups is 2. The third-order valence-electron chi connectivity index (χ3n) is 3.87. The second-order valence-corrected chi connectivity index (χ2v) is 4.91. The van der Waals surface area contributed by atoms with Crippen LogP contribution in [-0.4, -0.2) is 21.2 Å². The normalized spacial score (nSPS) is 11.3. The molecule has 0 bridgehead atoms. The Morgan fingerprint density at radius 1 is 1.19 bits per heavy atom. The van der Waals surface area contributed by atoms with Crippen LogP contribution >= 0.6 is 0 Å². The molecular formula is C16H19NO4. The van der Waals surface area contributed by atoms with Gasteiger partial charge in [-0.05, 0) is 18.4 Å². The van der Waals surface area contributed by atoms with Gasteiger partial charge in [0.15, 0.2) is 11.6 Å². The van der Waals surface area contributed by atoms with Gasteiger partial charge in [-0.2, -0.15) is 0 Å². The molecule has 5 heteroatoms. The van der Waals surface area contributed by atoms with E-state index in [1.165, 1.54) is 6.07 Å². The monoisotopic (exact) mass is 289 g/mol. The lowest BCUT2D eigenvalue weighted by Crippen LogP contribution is -2.38. The third kappa shape index (κ3) is 2.72. The van der Waals surface area contributed by atoms with E-state index in [1.54, 1.807) is 0 Å². The summed E-state index contributed by atoms with van der Waals surface area (Å²) in [6.07, 6.45) is 1.15. The molecule has 0 saturated heterocycles. The zero-order chi connectivity index (χ0) is 15.5. The van der Waals surface area contributed by atoms with Crippen molar-refractivity contribution < 1.29 is 19.7 Å². The molecule has 21 heavy (non-hydrogen) atoms. The van der Waals surface area contributed by atoms with E-state index in [1.807, 2.05) is 44.2 Å². The van der Waals surface area contributed by atoms with Crippen molar-refractivity contribution in [3.05, 3.63) is 42.0 Å². The molecule has 5 nitrogen and oxygen atoms in total. The highest BCUT2D eigenvalue weighted by molar-refractivity contribution is 5.85. The smallest absolute Gasteiger partial charge is 0.322 e. The van der Waals surface area contributed by atoms with Gasteiger partial charge in [0.05, 0.1) is 5.41 Å². The lowest BCUT2D eigenvalue weighted by Gasteiger charge is -2.29. The number of nitrogens with one attached hydrogen (secondary N) is 1. The minimum absolute atomic E-state index is 0.0697. The van der Waals surface area contributed by atoms with Crippen LogP contribution < -0.4 is 4.74 Å². The Kier molecular flexibility index (Phi) is 4.21. The average molecular weight is 289 g/mol. The van der Waals surface area contributed by atoms with Gasteiger partial charge in [-0.1, -0.05) is 44.2 Å². The van der Waals surface area contributed by atoms with E-state index in [-0.39, 0.29) is 17.5 Å². The standard InChI is InChI=1S/C16H19NO4/c1-3-16(4-2,11-8-6-5-7-9-11)15(20)21-12-10-13(18)17-14(12)19/h5-10,17-19H,3-4H2,1-2H3. The average Bonchev–Trinajstić information content (AvgIpc) is 2.80. The van der Waals surface area contributed by atoms with Crippen molar-refractivity contribution in [1.29, 1.82) is 0 Å². The molecular weight excluding hydrogens is 270 g/mol. The fourth-order valence-corrected chi connectivity index (χ4v) is 2.51. The Morgan fingerprint density at radius 3 is 2.29 bits per heavy atom. The lowest BCUT2D eigenvalue weighted by molar-refractivity contribution is -0.141. The van der Waals surface area contributed by atoms with E-state index in [4.69, 9.17) is 4.74 Å². The van der Waals surface area contributed by atoms with Gasteiger partial charge in [0.2, 0.25) is 5.88 Å². The van der Waals surface area contributed by atoms with Gasteiger partial charge in [-0.15, -0.1) is 0 Å². The Balaban J connectivity index is 2.34. The molecule has 112 valence electrons. The molecule has 1 heterocycles. The van der Waals surface area contributed by atoms with E-state index in [9.17, 15) is 15.0 Å². The fraction of sp³-hybridized carbons (Fsp3) is 0.312. The van der Waals surface area contributed by atoms with Gasteiger partial charge in [-0.3, -0.25) is 9.78 Å². The Morgan fingerprint density at radius 2 is 1.81 bits per heavy atom. The van der Waals surface area contributed by atoms with Gasteiger partial charge in [0, 0.05) is 6.07 Å². The fourth-order valence-electron chi connectivity index (χ4n) is 2.51. The molecule has 2 aromatic rings. The first kappa shape index (κ1) is 15.0. The summed E-state index contributed by atoms with van der Waals surface area (Å²) in [6.45, 7) is 3.85. The number of carbonyl (C=O) groups is 1. The molecule has 0 radical (unpaired) electrons. The van der Waals surface area contributed by atoms with E-state index >= 15 is 0 Å².